The highest BCUT2D eigenvalue weighted by atomic mass is 16.5. The number of aromatic nitrogens is 1. The van der Waals surface area contributed by atoms with E-state index in [1.807, 2.05) is 18.2 Å². The van der Waals surface area contributed by atoms with E-state index in [0.29, 0.717) is 11.5 Å². The fraction of sp³-hybridized carbons (Fsp3) is 0.412. The van der Waals surface area contributed by atoms with E-state index in [1.165, 1.54) is 6.92 Å². The Kier molecular flexibility index (Phi) is 3.88. The van der Waals surface area contributed by atoms with Gasteiger partial charge in [0.15, 0.2) is 11.5 Å². The summed E-state index contributed by atoms with van der Waals surface area (Å²) >= 11 is 0. The van der Waals surface area contributed by atoms with Gasteiger partial charge < -0.3 is 14.2 Å². The molecule has 0 saturated heterocycles. The average molecular weight is 301 g/mol. The molecule has 5 heteroatoms. The van der Waals surface area contributed by atoms with Gasteiger partial charge in [-0.2, -0.15) is 0 Å². The number of ether oxygens (including phenoxy) is 3. The van der Waals surface area contributed by atoms with Crippen LogP contribution in [0.2, 0.25) is 0 Å². The minimum atomic E-state index is -0.259. The second kappa shape index (κ2) is 5.83. The van der Waals surface area contributed by atoms with Crippen molar-refractivity contribution in [2.24, 2.45) is 0 Å². The predicted molar refractivity (Wildman–Crippen MR) is 82.3 cm³/mol. The third-order valence-electron chi connectivity index (χ3n) is 3.97. The first-order valence-electron chi connectivity index (χ1n) is 7.35. The van der Waals surface area contributed by atoms with Crippen molar-refractivity contribution < 1.29 is 19.0 Å². The molecule has 1 aliphatic rings. The molecule has 1 aromatic heterocycles. The number of benzene rings is 1. The van der Waals surface area contributed by atoms with Gasteiger partial charge in [-0.25, -0.2) is 0 Å². The van der Waals surface area contributed by atoms with E-state index in [2.05, 4.69) is 0 Å². The Morgan fingerprint density at radius 1 is 1.18 bits per heavy atom. The number of hydrogen-bond acceptors (Lipinski definition) is 5. The molecular weight excluding hydrogens is 282 g/mol. The quantitative estimate of drug-likeness (QED) is 0.815. The van der Waals surface area contributed by atoms with Crippen LogP contribution in [0.25, 0.3) is 10.9 Å². The fourth-order valence-electron chi connectivity index (χ4n) is 2.97. The van der Waals surface area contributed by atoms with Crippen LogP contribution in [0.1, 0.15) is 37.1 Å². The van der Waals surface area contributed by atoms with Crippen LogP contribution in [-0.4, -0.2) is 25.2 Å². The van der Waals surface area contributed by atoms with Gasteiger partial charge in [-0.1, -0.05) is 0 Å². The Labute approximate surface area is 129 Å². The fourth-order valence-corrected chi connectivity index (χ4v) is 2.97. The maximum absolute atomic E-state index is 11.3. The lowest BCUT2D eigenvalue weighted by atomic mass is 9.92. The number of aryl methyl sites for hydroxylation is 1. The summed E-state index contributed by atoms with van der Waals surface area (Å²) in [6.07, 6.45) is 2.51. The Bertz CT molecular complexity index is 726. The van der Waals surface area contributed by atoms with E-state index in [-0.39, 0.29) is 12.1 Å². The lowest BCUT2D eigenvalue weighted by Crippen LogP contribution is -2.16. The third kappa shape index (κ3) is 2.58. The van der Waals surface area contributed by atoms with Gasteiger partial charge in [0.25, 0.3) is 0 Å². The highest BCUT2D eigenvalue weighted by Crippen LogP contribution is 2.37. The Hall–Kier alpha value is -2.30. The first kappa shape index (κ1) is 14.6. The van der Waals surface area contributed by atoms with E-state index >= 15 is 0 Å². The molecule has 0 fully saturated rings. The van der Waals surface area contributed by atoms with Crippen molar-refractivity contribution in [2.45, 2.75) is 32.3 Å². The summed E-state index contributed by atoms with van der Waals surface area (Å²) in [4.78, 5) is 16.0. The van der Waals surface area contributed by atoms with Crippen molar-refractivity contribution in [3.05, 3.63) is 29.5 Å². The van der Waals surface area contributed by atoms with Gasteiger partial charge in [0.1, 0.15) is 6.10 Å². The second-order valence-electron chi connectivity index (χ2n) is 5.41. The standard InChI is InChI=1S/C17H19NO4/c1-10(19)22-15-6-4-5-13-12(15)7-11-8-16(20-2)17(21-3)9-14(11)18-13/h7-9,15H,4-6H2,1-3H3. The van der Waals surface area contributed by atoms with Gasteiger partial charge in [-0.3, -0.25) is 9.78 Å². The van der Waals surface area contributed by atoms with Crippen LogP contribution >= 0.6 is 0 Å². The number of pyridine rings is 1. The molecule has 0 saturated carbocycles. The predicted octanol–water partition coefficient (Wildman–Crippen LogP) is 3.19. The van der Waals surface area contributed by atoms with Crippen LogP contribution in [0.5, 0.6) is 11.5 Å². The van der Waals surface area contributed by atoms with E-state index < -0.39 is 0 Å². The van der Waals surface area contributed by atoms with Gasteiger partial charge in [0, 0.05) is 29.6 Å². The van der Waals surface area contributed by atoms with Crippen molar-refractivity contribution in [3.8, 4) is 11.5 Å². The van der Waals surface area contributed by atoms with E-state index in [0.717, 1.165) is 41.4 Å². The van der Waals surface area contributed by atoms with Crippen molar-refractivity contribution in [3.63, 3.8) is 0 Å². The van der Waals surface area contributed by atoms with Crippen LogP contribution in [0.4, 0.5) is 0 Å². The normalized spacial score (nSPS) is 17.0. The number of methoxy groups -OCH3 is 2. The molecule has 0 radical (unpaired) electrons. The molecule has 0 bridgehead atoms. The van der Waals surface area contributed by atoms with Crippen LogP contribution < -0.4 is 9.47 Å². The number of esters is 1. The molecule has 1 heterocycles. The minimum absolute atomic E-state index is 0.203. The van der Waals surface area contributed by atoms with Crippen LogP contribution in [0.3, 0.4) is 0 Å². The molecule has 1 aliphatic carbocycles. The number of carbonyl (C=O) groups excluding carboxylic acids is 1. The number of nitrogens with zero attached hydrogens (tertiary/aromatic N) is 1. The summed E-state index contributed by atoms with van der Waals surface area (Å²) in [7, 11) is 3.22. The number of fused-ring (bicyclic) bond motifs is 2. The van der Waals surface area contributed by atoms with E-state index in [9.17, 15) is 4.79 Å². The first-order chi connectivity index (χ1) is 10.6. The monoisotopic (exact) mass is 301 g/mol. The molecule has 22 heavy (non-hydrogen) atoms. The summed E-state index contributed by atoms with van der Waals surface area (Å²) in [6.45, 7) is 1.44. The molecule has 3 rings (SSSR count). The highest BCUT2D eigenvalue weighted by Gasteiger charge is 2.24. The SMILES string of the molecule is COc1cc2cc3c(nc2cc1OC)CCCC3OC(C)=O. The second-order valence-corrected chi connectivity index (χ2v) is 5.41. The zero-order valence-electron chi connectivity index (χ0n) is 13.0. The van der Waals surface area contributed by atoms with Crippen molar-refractivity contribution >= 4 is 16.9 Å². The largest absolute Gasteiger partial charge is 0.493 e. The zero-order chi connectivity index (χ0) is 15.7. The van der Waals surface area contributed by atoms with E-state index in [4.69, 9.17) is 19.2 Å². The van der Waals surface area contributed by atoms with Gasteiger partial charge in [-0.15, -0.1) is 0 Å². The molecular formula is C17H19NO4. The van der Waals surface area contributed by atoms with Gasteiger partial charge in [-0.05, 0) is 31.4 Å². The molecule has 5 nitrogen and oxygen atoms in total. The highest BCUT2D eigenvalue weighted by molar-refractivity contribution is 5.84. The molecule has 0 N–H and O–H groups in total. The van der Waals surface area contributed by atoms with Crippen molar-refractivity contribution in [1.29, 1.82) is 0 Å². The third-order valence-corrected chi connectivity index (χ3v) is 3.97. The molecule has 0 amide bonds. The summed E-state index contributed by atoms with van der Waals surface area (Å²) in [6, 6.07) is 5.83. The van der Waals surface area contributed by atoms with Crippen LogP contribution in [0.15, 0.2) is 18.2 Å². The topological polar surface area (TPSA) is 57.6 Å². The summed E-state index contributed by atoms with van der Waals surface area (Å²) in [5, 5.41) is 0.954. The van der Waals surface area contributed by atoms with Crippen molar-refractivity contribution in [1.82, 2.24) is 4.98 Å². The van der Waals surface area contributed by atoms with Gasteiger partial charge in [0.2, 0.25) is 0 Å². The average Bonchev–Trinajstić information content (AvgIpc) is 2.51. The lowest BCUT2D eigenvalue weighted by molar-refractivity contribution is -0.147. The molecule has 0 spiro atoms. The number of hydrogen-bond donors (Lipinski definition) is 0. The first-order valence-corrected chi connectivity index (χ1v) is 7.35. The van der Waals surface area contributed by atoms with Crippen molar-refractivity contribution in [2.75, 3.05) is 14.2 Å². The molecule has 1 atom stereocenters. The molecule has 116 valence electrons. The number of rotatable bonds is 3. The summed E-state index contributed by atoms with van der Waals surface area (Å²) in [5.74, 6) is 1.07. The smallest absolute Gasteiger partial charge is 0.303 e. The Balaban J connectivity index is 2.13. The maximum atomic E-state index is 11.3. The Morgan fingerprint density at radius 2 is 1.91 bits per heavy atom. The minimum Gasteiger partial charge on any atom is -0.493 e. The molecule has 0 aliphatic heterocycles. The number of carbonyl (C=O) groups is 1. The summed E-state index contributed by atoms with van der Waals surface area (Å²) < 4.78 is 16.1. The van der Waals surface area contributed by atoms with E-state index in [1.54, 1.807) is 14.2 Å². The lowest BCUT2D eigenvalue weighted by Gasteiger charge is -2.25. The molecule has 2 aromatic rings. The molecule has 1 aromatic carbocycles. The van der Waals surface area contributed by atoms with Crippen LogP contribution in [0, 0.1) is 0 Å². The Morgan fingerprint density at radius 3 is 2.59 bits per heavy atom. The van der Waals surface area contributed by atoms with Crippen LogP contribution in [-0.2, 0) is 16.0 Å². The van der Waals surface area contributed by atoms with Gasteiger partial charge in [0.05, 0.1) is 19.7 Å². The van der Waals surface area contributed by atoms with Gasteiger partial charge >= 0.3 is 5.97 Å². The molecule has 1 unspecified atom stereocenters. The zero-order valence-corrected chi connectivity index (χ0v) is 13.0. The summed E-state index contributed by atoms with van der Waals surface area (Å²) in [5.41, 5.74) is 2.86. The maximum Gasteiger partial charge on any atom is 0.303 e.